The first-order valence-corrected chi connectivity index (χ1v) is 3.13. The van der Waals surface area contributed by atoms with Gasteiger partial charge in [0.25, 0.3) is 0 Å². The first-order chi connectivity index (χ1) is 4.29. The lowest BCUT2D eigenvalue weighted by atomic mass is 10.7. The van der Waals surface area contributed by atoms with Crippen molar-refractivity contribution in [3.63, 3.8) is 0 Å². The van der Waals surface area contributed by atoms with E-state index in [1.54, 1.807) is 0 Å². The molecule has 1 aromatic rings. The van der Waals surface area contributed by atoms with Crippen LogP contribution in [0.25, 0.3) is 0 Å². The van der Waals surface area contributed by atoms with Crippen LogP contribution in [0.1, 0.15) is 0 Å². The minimum Gasteiger partial charge on any atom is -0.755 e. The summed E-state index contributed by atoms with van der Waals surface area (Å²) in [6.45, 7) is 0. The Kier molecular flexibility index (Phi) is 1.81. The Bertz CT molecular complexity index is 197. The molecular weight excluding hydrogens is 144 g/mol. The van der Waals surface area contributed by atoms with Crippen LogP contribution < -0.4 is 4.72 Å². The predicted octanol–water partition coefficient (Wildman–Crippen LogP) is -0.119. The number of anilines is 1. The van der Waals surface area contributed by atoms with Crippen LogP contribution >= 0.6 is 0 Å². The Balaban J connectivity index is 2.58. The van der Waals surface area contributed by atoms with E-state index in [2.05, 4.69) is 9.68 Å². The Hall–Kier alpha value is -0.880. The summed E-state index contributed by atoms with van der Waals surface area (Å²) in [4.78, 5) is 0. The second-order valence-corrected chi connectivity index (χ2v) is 1.89. The zero-order valence-electron chi connectivity index (χ0n) is 4.23. The third kappa shape index (κ3) is 1.82. The molecule has 9 heavy (non-hydrogen) atoms. The van der Waals surface area contributed by atoms with Crippen molar-refractivity contribution >= 4 is 17.2 Å². The third-order valence-electron chi connectivity index (χ3n) is 0.622. The molecule has 6 heteroatoms. The monoisotopic (exact) mass is 147 g/mol. The van der Waals surface area contributed by atoms with Gasteiger partial charge in [-0.2, -0.15) is 0 Å². The zero-order valence-corrected chi connectivity index (χ0v) is 5.05. The van der Waals surface area contributed by atoms with Gasteiger partial charge in [-0.15, -0.1) is 0 Å². The van der Waals surface area contributed by atoms with Gasteiger partial charge in [0.2, 0.25) is 5.88 Å². The van der Waals surface area contributed by atoms with Gasteiger partial charge in [-0.05, 0) is 0 Å². The van der Waals surface area contributed by atoms with Gasteiger partial charge >= 0.3 is 0 Å². The van der Waals surface area contributed by atoms with Crippen LogP contribution in [0.5, 0.6) is 0 Å². The van der Waals surface area contributed by atoms with E-state index >= 15 is 0 Å². The van der Waals surface area contributed by atoms with Crippen molar-refractivity contribution in [1.29, 1.82) is 0 Å². The number of rotatable bonds is 2. The molecule has 1 unspecified atom stereocenters. The normalized spacial score (nSPS) is 13.0. The summed E-state index contributed by atoms with van der Waals surface area (Å²) in [7, 11) is 0. The van der Waals surface area contributed by atoms with Crippen molar-refractivity contribution in [2.24, 2.45) is 0 Å². The molecule has 1 aromatic heterocycles. The Morgan fingerprint density at radius 2 is 2.67 bits per heavy atom. The summed E-state index contributed by atoms with van der Waals surface area (Å²) in [5, 5.41) is 3.26. The lowest BCUT2D eigenvalue weighted by molar-refractivity contribution is 0.434. The van der Waals surface area contributed by atoms with Gasteiger partial charge in [0.05, 0.1) is 6.20 Å². The molecule has 1 N–H and O–H groups in total. The SMILES string of the molecule is O=S([O-])Nc1ccno1. The van der Waals surface area contributed by atoms with Gasteiger partial charge in [-0.1, -0.05) is 5.16 Å². The van der Waals surface area contributed by atoms with Crippen LogP contribution in [0.4, 0.5) is 5.88 Å². The summed E-state index contributed by atoms with van der Waals surface area (Å²) in [5.41, 5.74) is 0. The summed E-state index contributed by atoms with van der Waals surface area (Å²) in [6.07, 6.45) is 1.34. The maximum atomic E-state index is 9.87. The van der Waals surface area contributed by atoms with E-state index in [9.17, 15) is 8.76 Å². The van der Waals surface area contributed by atoms with Crippen LogP contribution in [0.2, 0.25) is 0 Å². The molecule has 0 aliphatic carbocycles. The second-order valence-electron chi connectivity index (χ2n) is 1.21. The molecular formula is C3H3N2O3S-. The van der Waals surface area contributed by atoms with Crippen molar-refractivity contribution in [2.75, 3.05) is 4.72 Å². The Labute approximate surface area is 53.5 Å². The first-order valence-electron chi connectivity index (χ1n) is 2.05. The molecule has 1 atom stereocenters. The third-order valence-corrected chi connectivity index (χ3v) is 0.990. The molecule has 0 spiro atoms. The standard InChI is InChI=1S/C3H4N2O3S/c6-9(7)5-3-1-2-4-8-3/h1-2,5H,(H,6,7)/p-1. The average Bonchev–Trinajstić information content (AvgIpc) is 2.15. The molecule has 1 rings (SSSR count). The highest BCUT2D eigenvalue weighted by Crippen LogP contribution is 2.02. The van der Waals surface area contributed by atoms with E-state index < -0.39 is 11.3 Å². The summed E-state index contributed by atoms with van der Waals surface area (Å²) >= 11 is -2.33. The van der Waals surface area contributed by atoms with Crippen molar-refractivity contribution in [2.45, 2.75) is 0 Å². The maximum absolute atomic E-state index is 9.87. The summed E-state index contributed by atoms with van der Waals surface area (Å²) in [5.74, 6) is 0.114. The van der Waals surface area contributed by atoms with Crippen LogP contribution in [-0.4, -0.2) is 13.9 Å². The van der Waals surface area contributed by atoms with Gasteiger partial charge in [-0.3, -0.25) is 8.93 Å². The highest BCUT2D eigenvalue weighted by atomic mass is 32.2. The smallest absolute Gasteiger partial charge is 0.235 e. The van der Waals surface area contributed by atoms with Crippen LogP contribution in [-0.2, 0) is 11.3 Å². The van der Waals surface area contributed by atoms with E-state index in [-0.39, 0.29) is 5.88 Å². The van der Waals surface area contributed by atoms with Crippen LogP contribution in [0, 0.1) is 0 Å². The highest BCUT2D eigenvalue weighted by molar-refractivity contribution is 7.80. The maximum Gasteiger partial charge on any atom is 0.235 e. The molecule has 0 fully saturated rings. The predicted molar refractivity (Wildman–Crippen MR) is 29.0 cm³/mol. The van der Waals surface area contributed by atoms with Crippen molar-refractivity contribution in [1.82, 2.24) is 5.16 Å². The van der Waals surface area contributed by atoms with E-state index in [1.165, 1.54) is 12.3 Å². The van der Waals surface area contributed by atoms with Crippen molar-refractivity contribution < 1.29 is 13.3 Å². The molecule has 0 aliphatic rings. The fraction of sp³-hybridized carbons (Fsp3) is 0. The van der Waals surface area contributed by atoms with E-state index in [4.69, 9.17) is 0 Å². The fourth-order valence-electron chi connectivity index (χ4n) is 0.351. The van der Waals surface area contributed by atoms with Crippen molar-refractivity contribution in [3.05, 3.63) is 12.3 Å². The molecule has 1 heterocycles. The molecule has 0 amide bonds. The average molecular weight is 147 g/mol. The molecule has 0 aromatic carbocycles. The highest BCUT2D eigenvalue weighted by Gasteiger charge is 1.90. The molecule has 0 aliphatic heterocycles. The number of nitrogens with one attached hydrogen (secondary N) is 1. The van der Waals surface area contributed by atoms with E-state index in [0.29, 0.717) is 0 Å². The van der Waals surface area contributed by atoms with Crippen molar-refractivity contribution in [3.8, 4) is 0 Å². The molecule has 0 saturated heterocycles. The minimum absolute atomic E-state index is 0.114. The van der Waals surface area contributed by atoms with Gasteiger partial charge in [0, 0.05) is 17.3 Å². The number of aromatic nitrogens is 1. The lowest BCUT2D eigenvalue weighted by Crippen LogP contribution is -2.00. The summed E-state index contributed by atoms with van der Waals surface area (Å²) < 4.78 is 26.1. The quantitative estimate of drug-likeness (QED) is 0.591. The minimum atomic E-state index is -2.33. The molecule has 0 saturated carbocycles. The Morgan fingerprint density at radius 3 is 3.11 bits per heavy atom. The van der Waals surface area contributed by atoms with Gasteiger partial charge in [-0.25, -0.2) is 0 Å². The van der Waals surface area contributed by atoms with Gasteiger partial charge < -0.3 is 9.08 Å². The van der Waals surface area contributed by atoms with E-state index in [0.717, 1.165) is 0 Å². The number of nitrogens with zero attached hydrogens (tertiary/aromatic N) is 1. The second kappa shape index (κ2) is 2.60. The van der Waals surface area contributed by atoms with Crippen LogP contribution in [0.15, 0.2) is 16.8 Å². The molecule has 5 nitrogen and oxygen atoms in total. The van der Waals surface area contributed by atoms with Crippen LogP contribution in [0.3, 0.4) is 0 Å². The topological polar surface area (TPSA) is 78.2 Å². The fourth-order valence-corrected chi connectivity index (χ4v) is 0.620. The number of hydrogen-bond acceptors (Lipinski definition) is 4. The Morgan fingerprint density at radius 1 is 1.89 bits per heavy atom. The summed E-state index contributed by atoms with van der Waals surface area (Å²) in [6, 6.07) is 1.40. The lowest BCUT2D eigenvalue weighted by Gasteiger charge is -2.01. The molecule has 0 bridgehead atoms. The molecule has 50 valence electrons. The molecule has 0 radical (unpaired) electrons. The van der Waals surface area contributed by atoms with E-state index in [1.807, 2.05) is 4.72 Å². The zero-order chi connectivity index (χ0) is 6.69. The number of hydrogen-bond donors (Lipinski definition) is 1. The first kappa shape index (κ1) is 6.24. The van der Waals surface area contributed by atoms with Gasteiger partial charge in [0.15, 0.2) is 0 Å². The van der Waals surface area contributed by atoms with Gasteiger partial charge in [0.1, 0.15) is 0 Å². The largest absolute Gasteiger partial charge is 0.755 e.